The molecule has 1 fully saturated rings. The van der Waals surface area contributed by atoms with Crippen LogP contribution < -0.4 is 4.74 Å². The number of hydrogen-bond donors (Lipinski definition) is 0. The van der Waals surface area contributed by atoms with Crippen LogP contribution >= 0.6 is 0 Å². The summed E-state index contributed by atoms with van der Waals surface area (Å²) in [6, 6.07) is 26.7. The molecule has 4 rings (SSSR count). The number of benzene rings is 3. The maximum Gasteiger partial charge on any atom is 0.161 e. The van der Waals surface area contributed by atoms with E-state index in [4.69, 9.17) is 14.2 Å². The van der Waals surface area contributed by atoms with Crippen molar-refractivity contribution < 1.29 is 14.2 Å². The maximum atomic E-state index is 6.00. The van der Waals surface area contributed by atoms with Crippen LogP contribution in [0.4, 0.5) is 0 Å². The highest BCUT2D eigenvalue weighted by molar-refractivity contribution is 5.78. The van der Waals surface area contributed by atoms with Crippen molar-refractivity contribution in [1.29, 1.82) is 0 Å². The van der Waals surface area contributed by atoms with E-state index in [1.807, 2.05) is 36.4 Å². The largest absolute Gasteiger partial charge is 0.489 e. The normalized spacial score (nSPS) is 14.1. The molecule has 0 N–H and O–H groups in total. The molecule has 0 radical (unpaired) electrons. The van der Waals surface area contributed by atoms with Crippen molar-refractivity contribution in [3.8, 4) is 5.75 Å². The molecule has 142 valence electrons. The van der Waals surface area contributed by atoms with Gasteiger partial charge < -0.3 is 14.2 Å². The second-order valence-electron chi connectivity index (χ2n) is 6.85. The average molecular weight is 372 g/mol. The summed E-state index contributed by atoms with van der Waals surface area (Å²) in [5.74, 6) is 0.839. The predicted octanol–water partition coefficient (Wildman–Crippen LogP) is 5.24. The van der Waals surface area contributed by atoms with Crippen LogP contribution in [-0.2, 0) is 22.5 Å². The molecule has 3 aromatic rings. The minimum absolute atomic E-state index is 0.109. The van der Waals surface area contributed by atoms with E-state index in [0.29, 0.717) is 19.8 Å². The molecule has 0 spiro atoms. The van der Waals surface area contributed by atoms with Crippen LogP contribution in [0, 0.1) is 0 Å². The molecular weight excluding hydrogens is 348 g/mol. The Morgan fingerprint density at radius 2 is 1.50 bits per heavy atom. The SMILES string of the molecule is C=C(c1ccccc1)c1cccc(OCc2ccc(CC3OCCO3)cc2)c1. The van der Waals surface area contributed by atoms with E-state index in [9.17, 15) is 0 Å². The third-order valence-corrected chi connectivity index (χ3v) is 4.83. The second-order valence-corrected chi connectivity index (χ2v) is 6.85. The van der Waals surface area contributed by atoms with E-state index in [1.165, 1.54) is 5.56 Å². The van der Waals surface area contributed by atoms with Gasteiger partial charge in [0.2, 0.25) is 0 Å². The van der Waals surface area contributed by atoms with Gasteiger partial charge in [-0.15, -0.1) is 0 Å². The Hall–Kier alpha value is -2.88. The first-order valence-corrected chi connectivity index (χ1v) is 9.56. The minimum atomic E-state index is -0.109. The quantitative estimate of drug-likeness (QED) is 0.567. The molecule has 1 aliphatic heterocycles. The zero-order valence-electron chi connectivity index (χ0n) is 15.8. The van der Waals surface area contributed by atoms with Gasteiger partial charge in [0.1, 0.15) is 12.4 Å². The van der Waals surface area contributed by atoms with Crippen LogP contribution in [0.3, 0.4) is 0 Å². The van der Waals surface area contributed by atoms with Crippen molar-refractivity contribution in [2.45, 2.75) is 19.3 Å². The summed E-state index contributed by atoms with van der Waals surface area (Å²) in [4.78, 5) is 0. The van der Waals surface area contributed by atoms with Gasteiger partial charge in [-0.1, -0.05) is 73.3 Å². The first-order chi connectivity index (χ1) is 13.8. The summed E-state index contributed by atoms with van der Waals surface area (Å²) in [7, 11) is 0. The van der Waals surface area contributed by atoms with E-state index in [0.717, 1.165) is 34.4 Å². The first-order valence-electron chi connectivity index (χ1n) is 9.56. The number of rotatable bonds is 7. The van der Waals surface area contributed by atoms with Gasteiger partial charge in [0.05, 0.1) is 13.2 Å². The molecule has 0 saturated carbocycles. The molecule has 0 bridgehead atoms. The van der Waals surface area contributed by atoms with E-state index in [1.54, 1.807) is 0 Å². The van der Waals surface area contributed by atoms with Crippen LogP contribution in [0.15, 0.2) is 85.4 Å². The van der Waals surface area contributed by atoms with Crippen molar-refractivity contribution in [2.24, 2.45) is 0 Å². The highest BCUT2D eigenvalue weighted by Crippen LogP contribution is 2.25. The van der Waals surface area contributed by atoms with Gasteiger partial charge in [0.15, 0.2) is 6.29 Å². The molecule has 0 aromatic heterocycles. The molecule has 3 heteroatoms. The molecule has 1 heterocycles. The standard InChI is InChI=1S/C25H24O3/c1-19(22-6-3-2-4-7-22)23-8-5-9-24(17-23)28-18-21-12-10-20(11-13-21)16-25-26-14-15-27-25/h2-13,17,25H,1,14-16,18H2. The fraction of sp³-hybridized carbons (Fsp3) is 0.200. The van der Waals surface area contributed by atoms with Crippen LogP contribution in [0.5, 0.6) is 5.75 Å². The molecule has 3 aromatic carbocycles. The number of ether oxygens (including phenoxy) is 3. The Bertz CT molecular complexity index is 910. The summed E-state index contributed by atoms with van der Waals surface area (Å²) < 4.78 is 17.0. The monoisotopic (exact) mass is 372 g/mol. The fourth-order valence-corrected chi connectivity index (χ4v) is 3.24. The molecular formula is C25H24O3. The molecule has 0 atom stereocenters. The van der Waals surface area contributed by atoms with E-state index in [2.05, 4.69) is 49.0 Å². The summed E-state index contributed by atoms with van der Waals surface area (Å²) >= 11 is 0. The van der Waals surface area contributed by atoms with E-state index in [-0.39, 0.29) is 6.29 Å². The number of hydrogen-bond acceptors (Lipinski definition) is 3. The first kappa shape index (κ1) is 18.5. The van der Waals surface area contributed by atoms with Crippen LogP contribution in [0.1, 0.15) is 22.3 Å². The van der Waals surface area contributed by atoms with Gasteiger partial charge in [0, 0.05) is 6.42 Å². The average Bonchev–Trinajstić information content (AvgIpc) is 3.27. The zero-order valence-corrected chi connectivity index (χ0v) is 15.8. The minimum Gasteiger partial charge on any atom is -0.489 e. The topological polar surface area (TPSA) is 27.7 Å². The lowest BCUT2D eigenvalue weighted by molar-refractivity contribution is -0.0399. The highest BCUT2D eigenvalue weighted by Gasteiger charge is 2.16. The fourth-order valence-electron chi connectivity index (χ4n) is 3.24. The summed E-state index contributed by atoms with van der Waals surface area (Å²) in [5, 5.41) is 0. The van der Waals surface area contributed by atoms with Crippen molar-refractivity contribution in [3.05, 3.63) is 108 Å². The maximum absolute atomic E-state index is 6.00. The lowest BCUT2D eigenvalue weighted by Gasteiger charge is -2.11. The van der Waals surface area contributed by atoms with Gasteiger partial charge in [-0.25, -0.2) is 0 Å². The van der Waals surface area contributed by atoms with Crippen LogP contribution in [-0.4, -0.2) is 19.5 Å². The molecule has 3 nitrogen and oxygen atoms in total. The van der Waals surface area contributed by atoms with Crippen LogP contribution in [0.2, 0.25) is 0 Å². The molecule has 0 unspecified atom stereocenters. The Morgan fingerprint density at radius 1 is 0.821 bits per heavy atom. The van der Waals surface area contributed by atoms with Crippen molar-refractivity contribution in [3.63, 3.8) is 0 Å². The molecule has 0 amide bonds. The highest BCUT2D eigenvalue weighted by atomic mass is 16.7. The summed E-state index contributed by atoms with van der Waals surface area (Å²) in [6.45, 7) is 6.13. The smallest absolute Gasteiger partial charge is 0.161 e. The molecule has 1 aliphatic rings. The Labute approximate surface area is 166 Å². The lowest BCUT2D eigenvalue weighted by atomic mass is 10.00. The third kappa shape index (κ3) is 4.69. The van der Waals surface area contributed by atoms with Crippen molar-refractivity contribution >= 4 is 5.57 Å². The summed E-state index contributed by atoms with van der Waals surface area (Å²) in [6.07, 6.45) is 0.674. The Kier molecular flexibility index (Phi) is 5.86. The van der Waals surface area contributed by atoms with Gasteiger partial charge in [0.25, 0.3) is 0 Å². The van der Waals surface area contributed by atoms with Gasteiger partial charge >= 0.3 is 0 Å². The molecule has 1 saturated heterocycles. The predicted molar refractivity (Wildman–Crippen MR) is 111 cm³/mol. The second kappa shape index (κ2) is 8.87. The zero-order chi connectivity index (χ0) is 19.2. The van der Waals surface area contributed by atoms with Crippen LogP contribution in [0.25, 0.3) is 5.57 Å². The molecule has 0 aliphatic carbocycles. The van der Waals surface area contributed by atoms with Gasteiger partial charge in [-0.05, 0) is 40.0 Å². The van der Waals surface area contributed by atoms with Gasteiger partial charge in [-0.3, -0.25) is 0 Å². The molecule has 28 heavy (non-hydrogen) atoms. The van der Waals surface area contributed by atoms with Crippen molar-refractivity contribution in [2.75, 3.05) is 13.2 Å². The van der Waals surface area contributed by atoms with Crippen molar-refractivity contribution in [1.82, 2.24) is 0 Å². The van der Waals surface area contributed by atoms with E-state index < -0.39 is 0 Å². The van der Waals surface area contributed by atoms with Gasteiger partial charge in [-0.2, -0.15) is 0 Å². The Morgan fingerprint density at radius 3 is 2.25 bits per heavy atom. The summed E-state index contributed by atoms with van der Waals surface area (Å²) in [5.41, 5.74) is 5.51. The lowest BCUT2D eigenvalue weighted by Crippen LogP contribution is -2.11. The third-order valence-electron chi connectivity index (χ3n) is 4.83. The Balaban J connectivity index is 1.36. The van der Waals surface area contributed by atoms with E-state index >= 15 is 0 Å².